The van der Waals surface area contributed by atoms with Crippen molar-refractivity contribution in [2.45, 2.75) is 25.6 Å². The number of nitrogens with zero attached hydrogens (tertiary/aromatic N) is 2. The molecule has 1 unspecified atom stereocenters. The fourth-order valence-corrected chi connectivity index (χ4v) is 1.84. The van der Waals surface area contributed by atoms with Crippen molar-refractivity contribution >= 4 is 15.9 Å². The van der Waals surface area contributed by atoms with Gasteiger partial charge < -0.3 is 4.57 Å². The minimum absolute atomic E-state index is 0.464. The summed E-state index contributed by atoms with van der Waals surface area (Å²) in [7, 11) is 0. The smallest absolute Gasteiger partial charge is 0.112 e. The lowest BCUT2D eigenvalue weighted by Crippen LogP contribution is -2.20. The van der Waals surface area contributed by atoms with Crippen molar-refractivity contribution in [3.8, 4) is 0 Å². The van der Waals surface area contributed by atoms with Crippen LogP contribution in [0.4, 0.5) is 4.39 Å². The Hall–Kier alpha value is -0.380. The zero-order valence-corrected chi connectivity index (χ0v) is 7.51. The van der Waals surface area contributed by atoms with Crippen LogP contribution in [-0.4, -0.2) is 15.7 Å². The first-order valence-electron chi connectivity index (χ1n) is 3.61. The average Bonchev–Trinajstić information content (AvgIpc) is 2.32. The van der Waals surface area contributed by atoms with Crippen LogP contribution in [0.1, 0.15) is 12.2 Å². The summed E-state index contributed by atoms with van der Waals surface area (Å²) in [5, 5.41) is 0. The molecular weight excluding hydrogens is 211 g/mol. The zero-order chi connectivity index (χ0) is 7.84. The maximum Gasteiger partial charge on any atom is 0.112 e. The highest BCUT2D eigenvalue weighted by Crippen LogP contribution is 2.21. The highest BCUT2D eigenvalue weighted by molar-refractivity contribution is 9.10. The molecule has 1 aromatic rings. The quantitative estimate of drug-likeness (QED) is 0.651. The minimum Gasteiger partial charge on any atom is -0.323 e. The van der Waals surface area contributed by atoms with Gasteiger partial charge in [0.1, 0.15) is 16.6 Å². The van der Waals surface area contributed by atoms with Gasteiger partial charge in [0, 0.05) is 13.0 Å². The molecule has 2 nitrogen and oxygen atoms in total. The van der Waals surface area contributed by atoms with Crippen molar-refractivity contribution < 1.29 is 4.39 Å². The summed E-state index contributed by atoms with van der Waals surface area (Å²) in [5.41, 5.74) is 0. The van der Waals surface area contributed by atoms with Crippen molar-refractivity contribution in [3.63, 3.8) is 0 Å². The number of fused-ring (bicyclic) bond motifs is 1. The zero-order valence-electron chi connectivity index (χ0n) is 5.93. The molecular formula is C7H8BrFN2. The molecule has 1 atom stereocenters. The Morgan fingerprint density at radius 1 is 1.73 bits per heavy atom. The normalized spacial score (nSPS) is 23.3. The van der Waals surface area contributed by atoms with Gasteiger partial charge in [-0.2, -0.15) is 0 Å². The van der Waals surface area contributed by atoms with Gasteiger partial charge in [-0.3, -0.25) is 0 Å². The molecule has 1 aliphatic heterocycles. The molecule has 0 saturated carbocycles. The van der Waals surface area contributed by atoms with Gasteiger partial charge in [-0.25, -0.2) is 9.37 Å². The predicted octanol–water partition coefficient (Wildman–Crippen LogP) is 1.93. The van der Waals surface area contributed by atoms with Crippen LogP contribution in [-0.2, 0) is 13.0 Å². The first-order chi connectivity index (χ1) is 5.27. The average molecular weight is 219 g/mol. The van der Waals surface area contributed by atoms with Crippen molar-refractivity contribution in [2.75, 3.05) is 0 Å². The number of aromatic nitrogens is 2. The summed E-state index contributed by atoms with van der Waals surface area (Å²) in [5.74, 6) is 0.857. The molecule has 0 radical (unpaired) electrons. The van der Waals surface area contributed by atoms with E-state index in [2.05, 4.69) is 20.9 Å². The number of imidazole rings is 1. The van der Waals surface area contributed by atoms with E-state index in [9.17, 15) is 4.39 Å². The second-order valence-electron chi connectivity index (χ2n) is 2.74. The van der Waals surface area contributed by atoms with E-state index in [1.54, 1.807) is 6.20 Å². The highest BCUT2D eigenvalue weighted by atomic mass is 79.9. The minimum atomic E-state index is -0.697. The molecule has 11 heavy (non-hydrogen) atoms. The SMILES string of the molecule is FC1CCn2c(Br)cnc2C1. The maximum absolute atomic E-state index is 12.8. The fourth-order valence-electron chi connectivity index (χ4n) is 1.36. The molecule has 1 aromatic heterocycles. The highest BCUT2D eigenvalue weighted by Gasteiger charge is 2.19. The lowest BCUT2D eigenvalue weighted by molar-refractivity contribution is 0.267. The molecule has 0 aromatic carbocycles. The van der Waals surface area contributed by atoms with Crippen LogP contribution in [0.2, 0.25) is 0 Å². The van der Waals surface area contributed by atoms with Gasteiger partial charge in [0.2, 0.25) is 0 Å². The van der Waals surface area contributed by atoms with Crippen LogP contribution in [0.25, 0.3) is 0 Å². The monoisotopic (exact) mass is 218 g/mol. The largest absolute Gasteiger partial charge is 0.323 e. The third-order valence-electron chi connectivity index (χ3n) is 1.96. The Balaban J connectivity index is 2.36. The van der Waals surface area contributed by atoms with Crippen molar-refractivity contribution in [1.29, 1.82) is 0 Å². The van der Waals surface area contributed by atoms with E-state index in [-0.39, 0.29) is 0 Å². The van der Waals surface area contributed by atoms with Crippen LogP contribution >= 0.6 is 15.9 Å². The Morgan fingerprint density at radius 3 is 3.36 bits per heavy atom. The first kappa shape index (κ1) is 7.28. The number of rotatable bonds is 0. The molecule has 2 heterocycles. The van der Waals surface area contributed by atoms with E-state index in [0.717, 1.165) is 17.0 Å². The predicted molar refractivity (Wildman–Crippen MR) is 43.1 cm³/mol. The first-order valence-corrected chi connectivity index (χ1v) is 4.40. The van der Waals surface area contributed by atoms with Crippen molar-refractivity contribution in [1.82, 2.24) is 9.55 Å². The van der Waals surface area contributed by atoms with E-state index < -0.39 is 6.17 Å². The summed E-state index contributed by atoms with van der Waals surface area (Å²) < 4.78 is 15.8. The van der Waals surface area contributed by atoms with Crippen LogP contribution in [0.3, 0.4) is 0 Å². The summed E-state index contributed by atoms with van der Waals surface area (Å²) >= 11 is 3.35. The van der Waals surface area contributed by atoms with Crippen LogP contribution in [0.15, 0.2) is 10.8 Å². The Labute approximate surface area is 72.6 Å². The Morgan fingerprint density at radius 2 is 2.55 bits per heavy atom. The molecule has 0 N–H and O–H groups in total. The molecule has 1 aliphatic rings. The molecule has 2 rings (SSSR count). The second kappa shape index (κ2) is 2.59. The lowest BCUT2D eigenvalue weighted by Gasteiger charge is -2.17. The van der Waals surface area contributed by atoms with Gasteiger partial charge in [-0.05, 0) is 22.4 Å². The molecule has 4 heteroatoms. The lowest BCUT2D eigenvalue weighted by atomic mass is 10.1. The molecule has 0 bridgehead atoms. The third kappa shape index (κ3) is 1.20. The summed E-state index contributed by atoms with van der Waals surface area (Å²) in [6, 6.07) is 0. The number of alkyl halides is 1. The topological polar surface area (TPSA) is 17.8 Å². The summed E-state index contributed by atoms with van der Waals surface area (Å²) in [6.45, 7) is 0.747. The van der Waals surface area contributed by atoms with E-state index in [1.165, 1.54) is 0 Å². The van der Waals surface area contributed by atoms with E-state index in [4.69, 9.17) is 0 Å². The van der Waals surface area contributed by atoms with Gasteiger partial charge >= 0.3 is 0 Å². The van der Waals surface area contributed by atoms with Gasteiger partial charge in [0.25, 0.3) is 0 Å². The van der Waals surface area contributed by atoms with Gasteiger partial charge in [0.15, 0.2) is 0 Å². The summed E-state index contributed by atoms with van der Waals surface area (Å²) in [6.07, 6.45) is 2.11. The molecule has 0 spiro atoms. The molecule has 60 valence electrons. The molecule has 0 saturated heterocycles. The number of hydrogen-bond acceptors (Lipinski definition) is 1. The van der Waals surface area contributed by atoms with Gasteiger partial charge in [-0.15, -0.1) is 0 Å². The number of halogens is 2. The van der Waals surface area contributed by atoms with Gasteiger partial charge in [0.05, 0.1) is 6.20 Å². The van der Waals surface area contributed by atoms with Crippen molar-refractivity contribution in [2.24, 2.45) is 0 Å². The standard InChI is InChI=1S/C7H8BrFN2/c8-6-4-10-7-3-5(9)1-2-11(6)7/h4-5H,1-3H2. The van der Waals surface area contributed by atoms with E-state index in [0.29, 0.717) is 12.8 Å². The van der Waals surface area contributed by atoms with E-state index >= 15 is 0 Å². The van der Waals surface area contributed by atoms with Crippen LogP contribution < -0.4 is 0 Å². The Kier molecular flexibility index (Phi) is 1.71. The Bertz CT molecular complexity index is 271. The van der Waals surface area contributed by atoms with E-state index in [1.807, 2.05) is 4.57 Å². The maximum atomic E-state index is 12.8. The van der Waals surface area contributed by atoms with Crippen LogP contribution in [0, 0.1) is 0 Å². The molecule has 0 fully saturated rings. The molecule has 0 amide bonds. The van der Waals surface area contributed by atoms with Crippen LogP contribution in [0.5, 0.6) is 0 Å². The van der Waals surface area contributed by atoms with Gasteiger partial charge in [-0.1, -0.05) is 0 Å². The second-order valence-corrected chi connectivity index (χ2v) is 3.55. The number of hydrogen-bond donors (Lipinski definition) is 0. The fraction of sp³-hybridized carbons (Fsp3) is 0.571. The summed E-state index contributed by atoms with van der Waals surface area (Å²) in [4.78, 5) is 4.08. The molecule has 0 aliphatic carbocycles. The van der Waals surface area contributed by atoms with Crippen molar-refractivity contribution in [3.05, 3.63) is 16.6 Å². The third-order valence-corrected chi connectivity index (χ3v) is 2.59.